The maximum absolute atomic E-state index is 11.5. The number of hydrogen-bond donors (Lipinski definition) is 0. The Morgan fingerprint density at radius 2 is 0.963 bits per heavy atom. The second-order valence-corrected chi connectivity index (χ2v) is 7.21. The molecule has 0 aromatic rings. The van der Waals surface area contributed by atoms with Crippen molar-refractivity contribution in [2.24, 2.45) is 0 Å². The van der Waals surface area contributed by atoms with E-state index in [2.05, 4.69) is 67.7 Å². The van der Waals surface area contributed by atoms with Crippen LogP contribution in [0.5, 0.6) is 0 Å². The van der Waals surface area contributed by atoms with Crippen LogP contribution in [0.25, 0.3) is 0 Å². The molecule has 0 aromatic heterocycles. The lowest BCUT2D eigenvalue weighted by molar-refractivity contribution is -0.153. The molecule has 27 heavy (non-hydrogen) atoms. The zero-order valence-electron chi connectivity index (χ0n) is 17.7. The van der Waals surface area contributed by atoms with E-state index in [1.807, 2.05) is 32.9 Å². The zero-order valence-corrected chi connectivity index (χ0v) is 17.7. The van der Waals surface area contributed by atoms with Gasteiger partial charge in [0.15, 0.2) is 0 Å². The van der Waals surface area contributed by atoms with Crippen LogP contribution in [0.4, 0.5) is 0 Å². The van der Waals surface area contributed by atoms with Gasteiger partial charge in [-0.1, -0.05) is 79.8 Å². The molecule has 0 bridgehead atoms. The minimum atomic E-state index is -0.408. The molecule has 0 amide bonds. The maximum Gasteiger partial charge on any atom is 0.310 e. The van der Waals surface area contributed by atoms with Crippen LogP contribution >= 0.6 is 0 Å². The first-order chi connectivity index (χ1) is 13.0. The maximum atomic E-state index is 11.5. The second-order valence-electron chi connectivity index (χ2n) is 7.21. The van der Waals surface area contributed by atoms with Crippen molar-refractivity contribution in [3.63, 3.8) is 0 Å². The number of allylic oxidation sites excluding steroid dienone is 11. The fourth-order valence-corrected chi connectivity index (χ4v) is 2.08. The summed E-state index contributed by atoms with van der Waals surface area (Å²) in [5.41, 5.74) is -0.408. The monoisotopic (exact) mass is 370 g/mol. The summed E-state index contributed by atoms with van der Waals surface area (Å²) in [7, 11) is 0. The van der Waals surface area contributed by atoms with Crippen LogP contribution in [0.3, 0.4) is 0 Å². The largest absolute Gasteiger partial charge is 0.460 e. The number of ether oxygens (including phenoxy) is 1. The van der Waals surface area contributed by atoms with E-state index in [4.69, 9.17) is 4.74 Å². The minimum Gasteiger partial charge on any atom is -0.460 e. The molecule has 150 valence electrons. The van der Waals surface area contributed by atoms with E-state index < -0.39 is 5.60 Å². The summed E-state index contributed by atoms with van der Waals surface area (Å²) < 4.78 is 5.24. The molecule has 0 saturated heterocycles. The van der Waals surface area contributed by atoms with Crippen LogP contribution in [-0.2, 0) is 9.53 Å². The van der Waals surface area contributed by atoms with Gasteiger partial charge < -0.3 is 4.74 Å². The van der Waals surface area contributed by atoms with Gasteiger partial charge in [0.2, 0.25) is 0 Å². The average molecular weight is 371 g/mol. The summed E-state index contributed by atoms with van der Waals surface area (Å²) in [6.07, 6.45) is 32.0. The molecule has 2 nitrogen and oxygen atoms in total. The normalized spacial score (nSPS) is 13.5. The molecule has 0 aliphatic carbocycles. The summed E-state index contributed by atoms with van der Waals surface area (Å²) in [6, 6.07) is 0. The van der Waals surface area contributed by atoms with Crippen LogP contribution in [0.15, 0.2) is 72.9 Å². The van der Waals surface area contributed by atoms with Crippen LogP contribution in [0.2, 0.25) is 0 Å². The molecule has 0 aromatic carbocycles. The molecule has 0 heterocycles. The summed E-state index contributed by atoms with van der Waals surface area (Å²) in [4.78, 5) is 11.5. The Balaban J connectivity index is 3.65. The highest BCUT2D eigenvalue weighted by Crippen LogP contribution is 2.08. The van der Waals surface area contributed by atoms with Gasteiger partial charge in [-0.05, 0) is 59.3 Å². The molecular weight excluding hydrogens is 332 g/mol. The van der Waals surface area contributed by atoms with Crippen LogP contribution < -0.4 is 0 Å². The molecule has 0 rings (SSSR count). The number of carbonyl (C=O) groups excluding carboxylic acids is 1. The molecule has 0 atom stereocenters. The molecule has 0 unspecified atom stereocenters. The number of rotatable bonds is 13. The van der Waals surface area contributed by atoms with E-state index in [0.29, 0.717) is 6.42 Å². The number of carbonyl (C=O) groups is 1. The van der Waals surface area contributed by atoms with Crippen LogP contribution in [0.1, 0.15) is 72.6 Å². The molecule has 0 spiro atoms. The molecule has 0 aliphatic heterocycles. The van der Waals surface area contributed by atoms with Crippen molar-refractivity contribution >= 4 is 5.97 Å². The molecule has 0 fully saturated rings. The first-order valence-corrected chi connectivity index (χ1v) is 10.1. The van der Waals surface area contributed by atoms with Crippen molar-refractivity contribution in [1.82, 2.24) is 0 Å². The van der Waals surface area contributed by atoms with Gasteiger partial charge in [0.1, 0.15) is 5.60 Å². The standard InChI is InChI=1S/C25H38O2/c1-5-6-7-8-9-10-11-12-13-14-15-16-17-18-19-20-21-22-23-24(26)27-25(2,3)4/h6-7,9-10,12-13,15-16,18-19,21-22H,5,8,11,14,17,20,23H2,1-4H3/b7-6-,10-9-,13-12-,16-15-,19-18-,22-21-. The van der Waals surface area contributed by atoms with Gasteiger partial charge in [0.05, 0.1) is 6.42 Å². The Bertz CT molecular complexity index is 537. The predicted octanol–water partition coefficient (Wildman–Crippen LogP) is 7.42. The van der Waals surface area contributed by atoms with Gasteiger partial charge >= 0.3 is 5.97 Å². The van der Waals surface area contributed by atoms with Crippen molar-refractivity contribution in [1.29, 1.82) is 0 Å². The highest BCUT2D eigenvalue weighted by atomic mass is 16.6. The topological polar surface area (TPSA) is 26.3 Å². The Morgan fingerprint density at radius 1 is 0.630 bits per heavy atom. The lowest BCUT2D eigenvalue weighted by Gasteiger charge is -2.18. The third kappa shape index (κ3) is 21.9. The van der Waals surface area contributed by atoms with Gasteiger partial charge in [-0.15, -0.1) is 0 Å². The van der Waals surface area contributed by atoms with E-state index in [-0.39, 0.29) is 5.97 Å². The molecular formula is C25H38O2. The predicted molar refractivity (Wildman–Crippen MR) is 119 cm³/mol. The zero-order chi connectivity index (χ0) is 20.2. The first kappa shape index (κ1) is 24.9. The summed E-state index contributed by atoms with van der Waals surface area (Å²) in [5, 5.41) is 0. The number of esters is 1. The van der Waals surface area contributed by atoms with Gasteiger partial charge in [-0.3, -0.25) is 4.79 Å². The summed E-state index contributed by atoms with van der Waals surface area (Å²) in [5.74, 6) is -0.178. The van der Waals surface area contributed by atoms with Crippen LogP contribution in [-0.4, -0.2) is 11.6 Å². The molecule has 2 heteroatoms. The van der Waals surface area contributed by atoms with Crippen molar-refractivity contribution in [2.45, 2.75) is 78.2 Å². The highest BCUT2D eigenvalue weighted by molar-refractivity contribution is 5.71. The second kappa shape index (κ2) is 17.3. The van der Waals surface area contributed by atoms with E-state index >= 15 is 0 Å². The highest BCUT2D eigenvalue weighted by Gasteiger charge is 2.14. The van der Waals surface area contributed by atoms with Crippen LogP contribution in [0, 0.1) is 0 Å². The molecule has 0 N–H and O–H groups in total. The lowest BCUT2D eigenvalue weighted by Crippen LogP contribution is -2.23. The van der Waals surface area contributed by atoms with Gasteiger partial charge in [0, 0.05) is 0 Å². The third-order valence-corrected chi connectivity index (χ3v) is 3.30. The summed E-state index contributed by atoms with van der Waals surface area (Å²) in [6.45, 7) is 7.79. The fourth-order valence-electron chi connectivity index (χ4n) is 2.08. The van der Waals surface area contributed by atoms with E-state index in [1.54, 1.807) is 0 Å². The minimum absolute atomic E-state index is 0.178. The Labute approximate surface area is 167 Å². The van der Waals surface area contributed by atoms with Crippen molar-refractivity contribution in [3.05, 3.63) is 72.9 Å². The van der Waals surface area contributed by atoms with Crippen molar-refractivity contribution in [2.75, 3.05) is 0 Å². The fraction of sp³-hybridized carbons (Fsp3) is 0.480. The van der Waals surface area contributed by atoms with E-state index in [0.717, 1.165) is 38.5 Å². The summed E-state index contributed by atoms with van der Waals surface area (Å²) >= 11 is 0. The molecule has 0 radical (unpaired) electrons. The molecule has 0 saturated carbocycles. The number of hydrogen-bond acceptors (Lipinski definition) is 2. The quantitative estimate of drug-likeness (QED) is 0.249. The smallest absolute Gasteiger partial charge is 0.310 e. The van der Waals surface area contributed by atoms with Crippen molar-refractivity contribution < 1.29 is 9.53 Å². The Morgan fingerprint density at radius 3 is 1.30 bits per heavy atom. The Hall–Kier alpha value is -2.09. The average Bonchev–Trinajstić information content (AvgIpc) is 2.59. The molecule has 0 aliphatic rings. The lowest BCUT2D eigenvalue weighted by atomic mass is 10.2. The van der Waals surface area contributed by atoms with Gasteiger partial charge in [-0.2, -0.15) is 0 Å². The van der Waals surface area contributed by atoms with Crippen molar-refractivity contribution in [3.8, 4) is 0 Å². The van der Waals surface area contributed by atoms with E-state index in [9.17, 15) is 4.79 Å². The SMILES string of the molecule is CC/C=C\C/C=C\C/C=C\C/C=C\C/C=C\C/C=C\CC(=O)OC(C)(C)C. The third-order valence-electron chi connectivity index (χ3n) is 3.30. The van der Waals surface area contributed by atoms with Gasteiger partial charge in [-0.25, -0.2) is 0 Å². The Kier molecular flexibility index (Phi) is 16.0. The first-order valence-electron chi connectivity index (χ1n) is 10.1. The van der Waals surface area contributed by atoms with E-state index in [1.165, 1.54) is 0 Å². The van der Waals surface area contributed by atoms with Gasteiger partial charge in [0.25, 0.3) is 0 Å².